The Hall–Kier alpha value is -2.30. The fourth-order valence-electron chi connectivity index (χ4n) is 1.35. The summed E-state index contributed by atoms with van der Waals surface area (Å²) in [6.07, 6.45) is 3.46. The summed E-state index contributed by atoms with van der Waals surface area (Å²) >= 11 is 0. The molecule has 96 valence electrons. The molecule has 0 aliphatic carbocycles. The van der Waals surface area contributed by atoms with Crippen LogP contribution >= 0.6 is 0 Å². The van der Waals surface area contributed by atoms with E-state index in [0.717, 1.165) is 0 Å². The third kappa shape index (κ3) is 3.62. The van der Waals surface area contributed by atoms with E-state index in [9.17, 15) is 9.59 Å². The van der Waals surface area contributed by atoms with Crippen molar-refractivity contribution < 1.29 is 24.2 Å². The first-order valence-electron chi connectivity index (χ1n) is 5.23. The van der Waals surface area contributed by atoms with E-state index in [1.807, 2.05) is 0 Å². The number of benzene rings is 1. The van der Waals surface area contributed by atoms with Gasteiger partial charge >= 0.3 is 11.9 Å². The summed E-state index contributed by atoms with van der Waals surface area (Å²) in [5, 5.41) is 8.84. The molecule has 0 spiro atoms. The summed E-state index contributed by atoms with van der Waals surface area (Å²) in [5.74, 6) is -0.915. The fourth-order valence-corrected chi connectivity index (χ4v) is 1.35. The molecule has 5 heteroatoms. The summed E-state index contributed by atoms with van der Waals surface area (Å²) in [6, 6.07) is 4.53. The number of hydrogen-bond donors (Lipinski definition) is 1. The molecule has 1 rings (SSSR count). The van der Waals surface area contributed by atoms with Crippen molar-refractivity contribution in [3.8, 4) is 5.75 Å². The molecule has 5 nitrogen and oxygen atoms in total. The smallest absolute Gasteiger partial charge is 0.335 e. The van der Waals surface area contributed by atoms with Crippen LogP contribution in [0.1, 0.15) is 22.3 Å². The van der Waals surface area contributed by atoms with Gasteiger partial charge in [-0.2, -0.15) is 0 Å². The van der Waals surface area contributed by atoms with E-state index in [1.165, 1.54) is 26.4 Å². The van der Waals surface area contributed by atoms with Crippen molar-refractivity contribution in [3.05, 3.63) is 35.4 Å². The van der Waals surface area contributed by atoms with Crippen molar-refractivity contribution in [3.63, 3.8) is 0 Å². The molecule has 0 radical (unpaired) electrons. The number of carbonyl (C=O) groups is 2. The molecule has 0 bridgehead atoms. The van der Waals surface area contributed by atoms with E-state index in [4.69, 9.17) is 9.84 Å². The van der Waals surface area contributed by atoms with E-state index in [-0.39, 0.29) is 18.0 Å². The summed E-state index contributed by atoms with van der Waals surface area (Å²) in [5.41, 5.74) is 0.850. The number of carbonyl (C=O) groups excluding carboxylic acids is 1. The Morgan fingerprint density at radius 3 is 2.61 bits per heavy atom. The SMILES string of the molecule is COC(=O)CC=Cc1ccc(C(=O)O)cc1OC. The van der Waals surface area contributed by atoms with Crippen LogP contribution in [0.5, 0.6) is 5.75 Å². The molecule has 18 heavy (non-hydrogen) atoms. The second kappa shape index (κ2) is 6.44. The highest BCUT2D eigenvalue weighted by atomic mass is 16.5. The Morgan fingerprint density at radius 1 is 1.33 bits per heavy atom. The van der Waals surface area contributed by atoms with Crippen LogP contribution in [-0.2, 0) is 9.53 Å². The van der Waals surface area contributed by atoms with Crippen molar-refractivity contribution in [2.45, 2.75) is 6.42 Å². The maximum Gasteiger partial charge on any atom is 0.335 e. The maximum atomic E-state index is 10.9. The van der Waals surface area contributed by atoms with Gasteiger partial charge < -0.3 is 14.6 Å². The lowest BCUT2D eigenvalue weighted by Crippen LogP contribution is -1.98. The Morgan fingerprint density at radius 2 is 2.06 bits per heavy atom. The Labute approximate surface area is 105 Å². The van der Waals surface area contributed by atoms with Gasteiger partial charge in [-0.15, -0.1) is 0 Å². The predicted octanol–water partition coefficient (Wildman–Crippen LogP) is 1.97. The summed E-state index contributed by atoms with van der Waals surface area (Å²) in [6.45, 7) is 0. The Kier molecular flexibility index (Phi) is 4.92. The molecule has 0 aromatic heterocycles. The first-order chi connectivity index (χ1) is 8.58. The molecule has 1 aromatic rings. The van der Waals surface area contributed by atoms with Gasteiger partial charge in [0.2, 0.25) is 0 Å². The molecule has 0 aliphatic heterocycles. The van der Waals surface area contributed by atoms with E-state index >= 15 is 0 Å². The van der Waals surface area contributed by atoms with Crippen molar-refractivity contribution >= 4 is 18.0 Å². The zero-order chi connectivity index (χ0) is 13.5. The zero-order valence-electron chi connectivity index (χ0n) is 10.2. The summed E-state index contributed by atoms with van der Waals surface area (Å²) < 4.78 is 9.59. The van der Waals surface area contributed by atoms with Gasteiger partial charge in [0.25, 0.3) is 0 Å². The van der Waals surface area contributed by atoms with Gasteiger partial charge in [-0.1, -0.05) is 18.2 Å². The number of methoxy groups -OCH3 is 2. The average Bonchev–Trinajstić information content (AvgIpc) is 2.38. The minimum absolute atomic E-state index is 0.150. The van der Waals surface area contributed by atoms with Crippen LogP contribution < -0.4 is 4.74 Å². The molecule has 0 saturated heterocycles. The molecule has 0 fully saturated rings. The first kappa shape index (κ1) is 13.8. The topological polar surface area (TPSA) is 72.8 Å². The van der Waals surface area contributed by atoms with Crippen molar-refractivity contribution in [1.29, 1.82) is 0 Å². The normalized spacial score (nSPS) is 10.3. The summed E-state index contributed by atoms with van der Waals surface area (Å²) in [4.78, 5) is 21.7. The second-order valence-corrected chi connectivity index (χ2v) is 3.44. The van der Waals surface area contributed by atoms with Crippen molar-refractivity contribution in [2.75, 3.05) is 14.2 Å². The third-order valence-electron chi connectivity index (χ3n) is 2.29. The standard InChI is InChI=1S/C13H14O5/c1-17-11-8-10(13(15)16)7-6-9(11)4-3-5-12(14)18-2/h3-4,6-8H,5H2,1-2H3,(H,15,16). The molecular formula is C13H14O5. The fraction of sp³-hybridized carbons (Fsp3) is 0.231. The Balaban J connectivity index is 2.89. The highest BCUT2D eigenvalue weighted by molar-refractivity contribution is 5.88. The Bertz CT molecular complexity index is 476. The number of carboxylic acids is 1. The van der Waals surface area contributed by atoms with Gasteiger partial charge in [-0.05, 0) is 12.1 Å². The van der Waals surface area contributed by atoms with Crippen molar-refractivity contribution in [1.82, 2.24) is 0 Å². The van der Waals surface area contributed by atoms with Crippen LogP contribution in [0.4, 0.5) is 0 Å². The lowest BCUT2D eigenvalue weighted by Gasteiger charge is -2.05. The molecule has 0 atom stereocenters. The zero-order valence-corrected chi connectivity index (χ0v) is 10.2. The number of hydrogen-bond acceptors (Lipinski definition) is 4. The van der Waals surface area contributed by atoms with Gasteiger partial charge in [0.15, 0.2) is 0 Å². The third-order valence-corrected chi connectivity index (χ3v) is 2.29. The molecule has 0 aliphatic rings. The van der Waals surface area contributed by atoms with Gasteiger partial charge in [0.05, 0.1) is 26.2 Å². The molecule has 0 saturated carbocycles. The number of aromatic carboxylic acids is 1. The quantitative estimate of drug-likeness (QED) is 0.809. The van der Waals surface area contributed by atoms with Crippen LogP contribution in [0, 0.1) is 0 Å². The number of carboxylic acid groups (broad SMARTS) is 1. The van der Waals surface area contributed by atoms with Gasteiger partial charge in [0.1, 0.15) is 5.75 Å². The largest absolute Gasteiger partial charge is 0.496 e. The van der Waals surface area contributed by atoms with Crippen LogP contribution in [0.2, 0.25) is 0 Å². The van der Waals surface area contributed by atoms with E-state index in [0.29, 0.717) is 11.3 Å². The lowest BCUT2D eigenvalue weighted by molar-refractivity contribution is -0.139. The molecule has 1 aromatic carbocycles. The molecule has 1 N–H and O–H groups in total. The monoisotopic (exact) mass is 250 g/mol. The van der Waals surface area contributed by atoms with E-state index < -0.39 is 5.97 Å². The minimum Gasteiger partial charge on any atom is -0.496 e. The predicted molar refractivity (Wildman–Crippen MR) is 65.6 cm³/mol. The lowest BCUT2D eigenvalue weighted by atomic mass is 10.1. The van der Waals surface area contributed by atoms with Crippen LogP contribution in [0.15, 0.2) is 24.3 Å². The number of esters is 1. The van der Waals surface area contributed by atoms with Crippen molar-refractivity contribution in [2.24, 2.45) is 0 Å². The second-order valence-electron chi connectivity index (χ2n) is 3.44. The van der Waals surface area contributed by atoms with E-state index in [2.05, 4.69) is 4.74 Å². The number of ether oxygens (including phenoxy) is 2. The molecular weight excluding hydrogens is 236 g/mol. The first-order valence-corrected chi connectivity index (χ1v) is 5.23. The molecule has 0 heterocycles. The molecule has 0 amide bonds. The maximum absolute atomic E-state index is 10.9. The minimum atomic E-state index is -1.02. The van der Waals surface area contributed by atoms with E-state index in [1.54, 1.807) is 18.2 Å². The van der Waals surface area contributed by atoms with Crippen LogP contribution in [-0.4, -0.2) is 31.3 Å². The van der Waals surface area contributed by atoms with Crippen LogP contribution in [0.3, 0.4) is 0 Å². The molecule has 0 unspecified atom stereocenters. The van der Waals surface area contributed by atoms with Crippen LogP contribution in [0.25, 0.3) is 6.08 Å². The highest BCUT2D eigenvalue weighted by Crippen LogP contribution is 2.21. The highest BCUT2D eigenvalue weighted by Gasteiger charge is 2.07. The van der Waals surface area contributed by atoms with Gasteiger partial charge in [0, 0.05) is 5.56 Å². The average molecular weight is 250 g/mol. The van der Waals surface area contributed by atoms with Gasteiger partial charge in [-0.3, -0.25) is 4.79 Å². The van der Waals surface area contributed by atoms with Gasteiger partial charge in [-0.25, -0.2) is 4.79 Å². The summed E-state index contributed by atoms with van der Waals surface area (Å²) in [7, 11) is 2.77. The number of rotatable bonds is 5.